The second-order valence-corrected chi connectivity index (χ2v) is 3.87. The fraction of sp³-hybridized carbons (Fsp3) is 0.889. The predicted molar refractivity (Wildman–Crippen MR) is 52.3 cm³/mol. The average molecular weight is 188 g/mol. The molecule has 0 rings (SSSR count). The van der Waals surface area contributed by atoms with Crippen molar-refractivity contribution in [2.75, 3.05) is 26.7 Å². The van der Waals surface area contributed by atoms with E-state index in [0.29, 0.717) is 19.5 Å². The van der Waals surface area contributed by atoms with E-state index in [2.05, 4.69) is 23.9 Å². The summed E-state index contributed by atoms with van der Waals surface area (Å²) in [7, 11) is 1.39. The fourth-order valence-electron chi connectivity index (χ4n) is 0.791. The van der Waals surface area contributed by atoms with Gasteiger partial charge in [-0.25, -0.2) is 0 Å². The summed E-state index contributed by atoms with van der Waals surface area (Å²) in [5.74, 6) is -0.182. The summed E-state index contributed by atoms with van der Waals surface area (Å²) in [6.45, 7) is 6.27. The molecule has 0 atom stereocenters. The SMILES string of the molecule is COC(=O)CCNCC(C)(C)CN. The first-order valence-corrected chi connectivity index (χ1v) is 4.49. The van der Waals surface area contributed by atoms with E-state index in [1.54, 1.807) is 0 Å². The number of nitrogens with two attached hydrogens (primary N) is 1. The first-order chi connectivity index (χ1) is 6.02. The van der Waals surface area contributed by atoms with Gasteiger partial charge in [0.15, 0.2) is 0 Å². The van der Waals surface area contributed by atoms with Gasteiger partial charge in [-0.3, -0.25) is 4.79 Å². The van der Waals surface area contributed by atoms with Crippen molar-refractivity contribution in [1.29, 1.82) is 0 Å². The molecule has 0 saturated carbocycles. The third-order valence-corrected chi connectivity index (χ3v) is 1.89. The van der Waals surface area contributed by atoms with Crippen LogP contribution in [0.25, 0.3) is 0 Å². The highest BCUT2D eigenvalue weighted by molar-refractivity contribution is 5.69. The van der Waals surface area contributed by atoms with Gasteiger partial charge in [0.2, 0.25) is 0 Å². The van der Waals surface area contributed by atoms with Crippen LogP contribution in [0, 0.1) is 5.41 Å². The fourth-order valence-corrected chi connectivity index (χ4v) is 0.791. The minimum atomic E-state index is -0.182. The molecule has 0 aliphatic carbocycles. The highest BCUT2D eigenvalue weighted by atomic mass is 16.5. The summed E-state index contributed by atoms with van der Waals surface area (Å²) in [5, 5.41) is 3.16. The highest BCUT2D eigenvalue weighted by Crippen LogP contribution is 2.09. The molecule has 0 saturated heterocycles. The molecule has 0 aliphatic rings. The second-order valence-electron chi connectivity index (χ2n) is 3.87. The summed E-state index contributed by atoms with van der Waals surface area (Å²) >= 11 is 0. The molecule has 0 aliphatic heterocycles. The number of ether oxygens (including phenoxy) is 1. The van der Waals surface area contributed by atoms with Crippen LogP contribution in [0.2, 0.25) is 0 Å². The largest absolute Gasteiger partial charge is 0.469 e. The molecule has 0 unspecified atom stereocenters. The molecule has 0 heterocycles. The number of carbonyl (C=O) groups is 1. The van der Waals surface area contributed by atoms with Crippen LogP contribution < -0.4 is 11.1 Å². The molecule has 13 heavy (non-hydrogen) atoms. The van der Waals surface area contributed by atoms with Crippen LogP contribution in [0.15, 0.2) is 0 Å². The van der Waals surface area contributed by atoms with Gasteiger partial charge in [-0.05, 0) is 12.0 Å². The van der Waals surface area contributed by atoms with Crippen molar-refractivity contribution in [3.05, 3.63) is 0 Å². The molecule has 0 bridgehead atoms. The maximum absolute atomic E-state index is 10.7. The predicted octanol–water partition coefficient (Wildman–Crippen LogP) is 0.124. The molecule has 0 aromatic carbocycles. The van der Waals surface area contributed by atoms with Crippen LogP contribution in [0.4, 0.5) is 0 Å². The average Bonchev–Trinajstić information content (AvgIpc) is 2.12. The molecular formula is C9H20N2O2. The van der Waals surface area contributed by atoms with E-state index in [9.17, 15) is 4.79 Å². The van der Waals surface area contributed by atoms with Gasteiger partial charge in [-0.15, -0.1) is 0 Å². The van der Waals surface area contributed by atoms with Crippen LogP contribution >= 0.6 is 0 Å². The van der Waals surface area contributed by atoms with Crippen LogP contribution in [-0.4, -0.2) is 32.7 Å². The van der Waals surface area contributed by atoms with Crippen LogP contribution in [-0.2, 0) is 9.53 Å². The Balaban J connectivity index is 3.41. The maximum atomic E-state index is 10.7. The van der Waals surface area contributed by atoms with Crippen molar-refractivity contribution >= 4 is 5.97 Å². The number of hydrogen-bond donors (Lipinski definition) is 2. The summed E-state index contributed by atoms with van der Waals surface area (Å²) in [5.41, 5.74) is 5.64. The van der Waals surface area contributed by atoms with E-state index in [1.165, 1.54) is 7.11 Å². The number of rotatable bonds is 6. The number of nitrogens with one attached hydrogen (secondary N) is 1. The molecule has 0 aromatic heterocycles. The quantitative estimate of drug-likeness (QED) is 0.459. The number of carbonyl (C=O) groups excluding carboxylic acids is 1. The number of methoxy groups -OCH3 is 1. The smallest absolute Gasteiger partial charge is 0.306 e. The zero-order valence-electron chi connectivity index (χ0n) is 8.72. The second kappa shape index (κ2) is 5.94. The van der Waals surface area contributed by atoms with Crippen LogP contribution in [0.3, 0.4) is 0 Å². The Morgan fingerprint density at radius 3 is 2.62 bits per heavy atom. The minimum absolute atomic E-state index is 0.0934. The molecule has 0 spiro atoms. The molecule has 0 amide bonds. The molecule has 78 valence electrons. The van der Waals surface area contributed by atoms with E-state index < -0.39 is 0 Å². The van der Waals surface area contributed by atoms with Gasteiger partial charge < -0.3 is 15.8 Å². The topological polar surface area (TPSA) is 64.3 Å². The van der Waals surface area contributed by atoms with Crippen molar-refractivity contribution < 1.29 is 9.53 Å². The lowest BCUT2D eigenvalue weighted by Crippen LogP contribution is -2.36. The number of esters is 1. The molecule has 0 radical (unpaired) electrons. The lowest BCUT2D eigenvalue weighted by Gasteiger charge is -2.22. The first-order valence-electron chi connectivity index (χ1n) is 4.49. The van der Waals surface area contributed by atoms with Gasteiger partial charge in [-0.2, -0.15) is 0 Å². The zero-order valence-corrected chi connectivity index (χ0v) is 8.72. The van der Waals surface area contributed by atoms with Gasteiger partial charge in [0.1, 0.15) is 0 Å². The standard InChI is InChI=1S/C9H20N2O2/c1-9(2,6-10)7-11-5-4-8(12)13-3/h11H,4-7,10H2,1-3H3. The monoisotopic (exact) mass is 188 g/mol. The van der Waals surface area contributed by atoms with E-state index in [1.807, 2.05) is 0 Å². The van der Waals surface area contributed by atoms with E-state index in [0.717, 1.165) is 6.54 Å². The van der Waals surface area contributed by atoms with Crippen molar-refractivity contribution in [1.82, 2.24) is 5.32 Å². The third kappa shape index (κ3) is 6.54. The van der Waals surface area contributed by atoms with E-state index >= 15 is 0 Å². The minimum Gasteiger partial charge on any atom is -0.469 e. The Hall–Kier alpha value is -0.610. The van der Waals surface area contributed by atoms with Crippen molar-refractivity contribution in [2.45, 2.75) is 20.3 Å². The molecule has 3 N–H and O–H groups in total. The first kappa shape index (κ1) is 12.4. The third-order valence-electron chi connectivity index (χ3n) is 1.89. The Morgan fingerprint density at radius 1 is 1.54 bits per heavy atom. The van der Waals surface area contributed by atoms with Crippen LogP contribution in [0.1, 0.15) is 20.3 Å². The summed E-state index contributed by atoms with van der Waals surface area (Å²) in [6, 6.07) is 0. The maximum Gasteiger partial charge on any atom is 0.306 e. The molecule has 0 fully saturated rings. The Labute approximate surface area is 79.8 Å². The van der Waals surface area contributed by atoms with Gasteiger partial charge in [0.25, 0.3) is 0 Å². The molecule has 4 heteroatoms. The summed E-state index contributed by atoms with van der Waals surface area (Å²) < 4.78 is 4.51. The van der Waals surface area contributed by atoms with E-state index in [4.69, 9.17) is 5.73 Å². The lowest BCUT2D eigenvalue weighted by molar-refractivity contribution is -0.140. The number of hydrogen-bond acceptors (Lipinski definition) is 4. The lowest BCUT2D eigenvalue weighted by atomic mass is 9.94. The van der Waals surface area contributed by atoms with Crippen molar-refractivity contribution in [3.63, 3.8) is 0 Å². The normalized spacial score (nSPS) is 11.4. The van der Waals surface area contributed by atoms with Gasteiger partial charge in [0, 0.05) is 13.1 Å². The van der Waals surface area contributed by atoms with Crippen molar-refractivity contribution in [3.8, 4) is 0 Å². The molecule has 4 nitrogen and oxygen atoms in total. The van der Waals surface area contributed by atoms with E-state index in [-0.39, 0.29) is 11.4 Å². The Bertz CT molecular complexity index is 158. The highest BCUT2D eigenvalue weighted by Gasteiger charge is 2.14. The van der Waals surface area contributed by atoms with Gasteiger partial charge in [0.05, 0.1) is 13.5 Å². The Kier molecular flexibility index (Phi) is 5.66. The summed E-state index contributed by atoms with van der Waals surface area (Å²) in [4.78, 5) is 10.7. The molecule has 0 aromatic rings. The van der Waals surface area contributed by atoms with Gasteiger partial charge in [-0.1, -0.05) is 13.8 Å². The Morgan fingerprint density at radius 2 is 2.15 bits per heavy atom. The summed E-state index contributed by atoms with van der Waals surface area (Å²) in [6.07, 6.45) is 0.414. The van der Waals surface area contributed by atoms with Crippen LogP contribution in [0.5, 0.6) is 0 Å². The zero-order chi connectivity index (χ0) is 10.3. The van der Waals surface area contributed by atoms with Gasteiger partial charge >= 0.3 is 5.97 Å². The molecular weight excluding hydrogens is 168 g/mol. The van der Waals surface area contributed by atoms with Crippen molar-refractivity contribution in [2.24, 2.45) is 11.1 Å².